The van der Waals surface area contributed by atoms with Crippen LogP contribution in [0.2, 0.25) is 0 Å². The summed E-state index contributed by atoms with van der Waals surface area (Å²) in [4.78, 5) is 10.9. The van der Waals surface area contributed by atoms with Gasteiger partial charge in [-0.25, -0.2) is 4.98 Å². The molecule has 0 radical (unpaired) electrons. The third-order valence-corrected chi connectivity index (χ3v) is 4.67. The van der Waals surface area contributed by atoms with Crippen LogP contribution >= 0.6 is 0 Å². The summed E-state index contributed by atoms with van der Waals surface area (Å²) >= 11 is 0. The zero-order valence-corrected chi connectivity index (χ0v) is 14.5. The number of aromatic nitrogens is 2. The van der Waals surface area contributed by atoms with E-state index >= 15 is 0 Å². The normalized spacial score (nSPS) is 17.6. The van der Waals surface area contributed by atoms with Crippen molar-refractivity contribution in [1.29, 1.82) is 0 Å². The molecule has 5 nitrogen and oxygen atoms in total. The molecule has 2 aromatic heterocycles. The molecule has 0 spiro atoms. The maximum Gasteiger partial charge on any atom is 0.213 e. The molecule has 2 aromatic rings. The third kappa shape index (κ3) is 4.52. The van der Waals surface area contributed by atoms with Gasteiger partial charge in [-0.1, -0.05) is 6.07 Å². The summed E-state index contributed by atoms with van der Waals surface area (Å²) in [6.07, 6.45) is 7.95. The van der Waals surface area contributed by atoms with Crippen LogP contribution in [0.3, 0.4) is 0 Å². The maximum absolute atomic E-state index is 5.21. The number of hydrogen-bond donors (Lipinski definition) is 1. The number of likely N-dealkylation sites (tertiary alicyclic amines) is 1. The Hall–Kier alpha value is -1.98. The Morgan fingerprint density at radius 2 is 2.12 bits per heavy atom. The lowest BCUT2D eigenvalue weighted by molar-refractivity contribution is 0.185. The quantitative estimate of drug-likeness (QED) is 0.884. The highest BCUT2D eigenvalue weighted by molar-refractivity contribution is 5.23. The van der Waals surface area contributed by atoms with Crippen molar-refractivity contribution in [3.63, 3.8) is 0 Å². The lowest BCUT2D eigenvalue weighted by Crippen LogP contribution is -2.42. The molecular weight excluding hydrogens is 300 g/mol. The maximum atomic E-state index is 5.21. The van der Waals surface area contributed by atoms with Crippen LogP contribution in [0, 0.1) is 0 Å². The Morgan fingerprint density at radius 3 is 2.83 bits per heavy atom. The molecular formula is C19H26N4O. The highest BCUT2D eigenvalue weighted by Crippen LogP contribution is 2.20. The first kappa shape index (κ1) is 16.9. The fraction of sp³-hybridized carbons (Fsp3) is 0.474. The van der Waals surface area contributed by atoms with E-state index in [0.717, 1.165) is 19.6 Å². The largest absolute Gasteiger partial charge is 0.481 e. The van der Waals surface area contributed by atoms with E-state index in [4.69, 9.17) is 4.74 Å². The van der Waals surface area contributed by atoms with Gasteiger partial charge in [-0.2, -0.15) is 0 Å². The summed E-state index contributed by atoms with van der Waals surface area (Å²) < 4.78 is 5.21. The van der Waals surface area contributed by atoms with E-state index in [1.54, 1.807) is 7.11 Å². The third-order valence-electron chi connectivity index (χ3n) is 4.67. The Labute approximate surface area is 144 Å². The molecule has 1 N–H and O–H groups in total. The molecule has 1 aliphatic rings. The molecule has 0 saturated carbocycles. The zero-order chi connectivity index (χ0) is 16.8. The summed E-state index contributed by atoms with van der Waals surface area (Å²) in [5.41, 5.74) is 2.51. The van der Waals surface area contributed by atoms with Gasteiger partial charge in [-0.15, -0.1) is 0 Å². The fourth-order valence-electron chi connectivity index (χ4n) is 3.26. The number of methoxy groups -OCH3 is 1. The highest BCUT2D eigenvalue weighted by Gasteiger charge is 2.21. The van der Waals surface area contributed by atoms with Crippen molar-refractivity contribution in [3.8, 4) is 5.88 Å². The second-order valence-electron chi connectivity index (χ2n) is 6.43. The van der Waals surface area contributed by atoms with Crippen molar-refractivity contribution in [2.75, 3.05) is 20.2 Å². The van der Waals surface area contributed by atoms with E-state index in [2.05, 4.69) is 39.2 Å². The molecule has 24 heavy (non-hydrogen) atoms. The van der Waals surface area contributed by atoms with Crippen LogP contribution in [0.25, 0.3) is 0 Å². The van der Waals surface area contributed by atoms with Crippen LogP contribution in [0.5, 0.6) is 5.88 Å². The monoisotopic (exact) mass is 326 g/mol. The van der Waals surface area contributed by atoms with Gasteiger partial charge >= 0.3 is 0 Å². The minimum absolute atomic E-state index is 0.303. The average Bonchev–Trinajstić information content (AvgIpc) is 2.64. The van der Waals surface area contributed by atoms with Gasteiger partial charge in [0.15, 0.2) is 0 Å². The minimum Gasteiger partial charge on any atom is -0.481 e. The predicted molar refractivity (Wildman–Crippen MR) is 94.9 cm³/mol. The summed E-state index contributed by atoms with van der Waals surface area (Å²) in [5.74, 6) is 0.674. The first-order chi connectivity index (χ1) is 11.7. The smallest absolute Gasteiger partial charge is 0.213 e. The number of rotatable bonds is 6. The predicted octanol–water partition coefficient (Wildman–Crippen LogP) is 2.80. The number of pyridine rings is 2. The molecule has 3 heterocycles. The highest BCUT2D eigenvalue weighted by atomic mass is 16.5. The van der Waals surface area contributed by atoms with Gasteiger partial charge in [-0.3, -0.25) is 9.88 Å². The summed E-state index contributed by atoms with van der Waals surface area (Å²) in [6, 6.07) is 9.08. The van der Waals surface area contributed by atoms with Crippen molar-refractivity contribution >= 4 is 0 Å². The Kier molecular flexibility index (Phi) is 5.77. The fourth-order valence-corrected chi connectivity index (χ4v) is 3.26. The Morgan fingerprint density at radius 1 is 1.29 bits per heavy atom. The van der Waals surface area contributed by atoms with Crippen molar-refractivity contribution in [2.45, 2.75) is 38.4 Å². The second-order valence-corrected chi connectivity index (χ2v) is 6.43. The number of ether oxygens (including phenoxy) is 1. The molecule has 1 unspecified atom stereocenters. The molecule has 0 bridgehead atoms. The molecule has 3 rings (SSSR count). The number of piperidine rings is 1. The zero-order valence-electron chi connectivity index (χ0n) is 14.5. The first-order valence-electron chi connectivity index (χ1n) is 8.62. The summed E-state index contributed by atoms with van der Waals surface area (Å²) in [6.45, 7) is 5.45. The number of nitrogens with one attached hydrogen (secondary N) is 1. The van der Waals surface area contributed by atoms with Gasteiger partial charge in [0.25, 0.3) is 0 Å². The van der Waals surface area contributed by atoms with Gasteiger partial charge in [0.2, 0.25) is 5.88 Å². The van der Waals surface area contributed by atoms with Crippen LogP contribution in [0.4, 0.5) is 0 Å². The van der Waals surface area contributed by atoms with Gasteiger partial charge in [0.1, 0.15) is 0 Å². The molecule has 1 atom stereocenters. The van der Waals surface area contributed by atoms with E-state index in [1.807, 2.05) is 30.7 Å². The van der Waals surface area contributed by atoms with Gasteiger partial charge in [0, 0.05) is 43.3 Å². The first-order valence-corrected chi connectivity index (χ1v) is 8.62. The average molecular weight is 326 g/mol. The van der Waals surface area contributed by atoms with Gasteiger partial charge in [-0.05, 0) is 56.1 Å². The van der Waals surface area contributed by atoms with Crippen LogP contribution in [0.1, 0.15) is 36.9 Å². The van der Waals surface area contributed by atoms with E-state index in [0.29, 0.717) is 18.0 Å². The molecule has 1 fully saturated rings. The number of nitrogens with zero attached hydrogens (tertiary/aromatic N) is 3. The molecule has 1 aliphatic heterocycles. The van der Waals surface area contributed by atoms with Crippen molar-refractivity contribution < 1.29 is 4.74 Å². The van der Waals surface area contributed by atoms with Crippen LogP contribution in [-0.4, -0.2) is 41.1 Å². The van der Waals surface area contributed by atoms with Crippen molar-refractivity contribution in [1.82, 2.24) is 20.2 Å². The lowest BCUT2D eigenvalue weighted by Gasteiger charge is -2.34. The summed E-state index contributed by atoms with van der Waals surface area (Å²) in [7, 11) is 1.65. The standard InChI is InChI=1S/C19H26N4O/c1-15(17-5-9-21-19(12-17)24-2)22-18-6-10-23(11-7-18)14-16-4-3-8-20-13-16/h3-5,8-9,12-13,15,18,22H,6-7,10-11,14H2,1-2H3. The topological polar surface area (TPSA) is 50.3 Å². The van der Waals surface area contributed by atoms with Gasteiger partial charge in [0.05, 0.1) is 7.11 Å². The molecule has 1 saturated heterocycles. The molecule has 128 valence electrons. The second kappa shape index (κ2) is 8.22. The van der Waals surface area contributed by atoms with Crippen LogP contribution in [0.15, 0.2) is 42.9 Å². The Balaban J connectivity index is 1.48. The minimum atomic E-state index is 0.303. The Bertz CT molecular complexity index is 626. The van der Waals surface area contributed by atoms with Crippen molar-refractivity contribution in [2.24, 2.45) is 0 Å². The van der Waals surface area contributed by atoms with Gasteiger partial charge < -0.3 is 10.1 Å². The SMILES string of the molecule is COc1cc(C(C)NC2CCN(Cc3cccnc3)CC2)ccn1. The molecule has 0 amide bonds. The van der Waals surface area contributed by atoms with Crippen LogP contribution < -0.4 is 10.1 Å². The summed E-state index contributed by atoms with van der Waals surface area (Å²) in [5, 5.41) is 3.75. The number of hydrogen-bond acceptors (Lipinski definition) is 5. The molecule has 0 aromatic carbocycles. The van der Waals surface area contributed by atoms with E-state index in [9.17, 15) is 0 Å². The lowest BCUT2D eigenvalue weighted by atomic mass is 10.0. The molecule has 5 heteroatoms. The molecule has 0 aliphatic carbocycles. The van der Waals surface area contributed by atoms with Crippen LogP contribution in [-0.2, 0) is 6.54 Å². The van der Waals surface area contributed by atoms with E-state index in [-0.39, 0.29) is 0 Å². The van der Waals surface area contributed by atoms with E-state index in [1.165, 1.54) is 24.0 Å². The van der Waals surface area contributed by atoms with E-state index < -0.39 is 0 Å². The van der Waals surface area contributed by atoms with Crippen molar-refractivity contribution in [3.05, 3.63) is 54.0 Å².